The van der Waals surface area contributed by atoms with Crippen LogP contribution in [0.5, 0.6) is 5.75 Å². The third-order valence-electron chi connectivity index (χ3n) is 7.94. The van der Waals surface area contributed by atoms with E-state index < -0.39 is 34.1 Å². The number of furan rings is 1. The van der Waals surface area contributed by atoms with Crippen LogP contribution in [0.4, 0.5) is 14.5 Å². The van der Waals surface area contributed by atoms with Gasteiger partial charge in [0.05, 0.1) is 36.1 Å². The van der Waals surface area contributed by atoms with Gasteiger partial charge >= 0.3 is 0 Å². The van der Waals surface area contributed by atoms with Crippen molar-refractivity contribution in [3.63, 3.8) is 0 Å². The Kier molecular flexibility index (Phi) is 9.41. The molecule has 1 unspecified atom stereocenters. The summed E-state index contributed by atoms with van der Waals surface area (Å²) in [5.41, 5.74) is 2.91. The lowest BCUT2D eigenvalue weighted by Crippen LogP contribution is -2.25. The summed E-state index contributed by atoms with van der Waals surface area (Å²) in [6, 6.07) is 16.4. The number of fused-ring (bicyclic) bond motifs is 2. The van der Waals surface area contributed by atoms with Gasteiger partial charge < -0.3 is 19.9 Å². The second-order valence-corrected chi connectivity index (χ2v) is 12.1. The molecule has 48 heavy (non-hydrogen) atoms. The zero-order chi connectivity index (χ0) is 33.6. The van der Waals surface area contributed by atoms with Gasteiger partial charge in [0.25, 0.3) is 11.5 Å². The second kappa shape index (κ2) is 13.3. The molecule has 14 heteroatoms. The standard InChI is InChI=1S/C34H29F2N5O5S.H2O/c1-18-38-26-13-12-25(39-31(26)34(43)41(18)17-20-8-11-22(36)14-28(20)45-4)23-15-24-29(16-27(23)40(3)47(5)44)46-32(30(24)33(42)37-2)19-6-9-21(35)10-7-19;/h6-16H,17H2,1-5H3,(H,37,42);1H2. The van der Waals surface area contributed by atoms with Crippen LogP contribution in [0, 0.1) is 18.6 Å². The summed E-state index contributed by atoms with van der Waals surface area (Å²) in [4.78, 5) is 36.5. The van der Waals surface area contributed by atoms with E-state index in [1.165, 1.54) is 65.7 Å². The summed E-state index contributed by atoms with van der Waals surface area (Å²) in [6.07, 6.45) is 1.51. The van der Waals surface area contributed by atoms with Gasteiger partial charge in [-0.15, -0.1) is 0 Å². The minimum absolute atomic E-state index is 0. The number of benzene rings is 3. The number of methoxy groups -OCH3 is 1. The van der Waals surface area contributed by atoms with Crippen molar-refractivity contribution in [2.45, 2.75) is 13.5 Å². The topological polar surface area (TPSA) is 151 Å². The van der Waals surface area contributed by atoms with Gasteiger partial charge in [0.15, 0.2) is 5.52 Å². The Hall–Kier alpha value is -5.47. The molecule has 0 aliphatic heterocycles. The van der Waals surface area contributed by atoms with E-state index in [-0.39, 0.29) is 28.9 Å². The molecule has 0 spiro atoms. The van der Waals surface area contributed by atoms with E-state index in [2.05, 4.69) is 10.3 Å². The van der Waals surface area contributed by atoms with Crippen molar-refractivity contribution in [2.75, 3.05) is 31.8 Å². The van der Waals surface area contributed by atoms with Crippen LogP contribution in [0.3, 0.4) is 0 Å². The highest BCUT2D eigenvalue weighted by Gasteiger charge is 2.25. The van der Waals surface area contributed by atoms with Crippen LogP contribution in [0.15, 0.2) is 75.9 Å². The maximum Gasteiger partial charge on any atom is 0.280 e. The maximum absolute atomic E-state index is 13.9. The Morgan fingerprint density at radius 1 is 1.04 bits per heavy atom. The molecular weight excluding hydrogens is 644 g/mol. The van der Waals surface area contributed by atoms with E-state index >= 15 is 0 Å². The number of hydrogen-bond acceptors (Lipinski definition) is 7. The van der Waals surface area contributed by atoms with Crippen LogP contribution in [0.1, 0.15) is 21.7 Å². The van der Waals surface area contributed by atoms with Gasteiger partial charge in [-0.05, 0) is 55.5 Å². The minimum Gasteiger partial charge on any atom is -0.496 e. The van der Waals surface area contributed by atoms with Crippen LogP contribution in [0.25, 0.3) is 44.6 Å². The zero-order valence-corrected chi connectivity index (χ0v) is 27.4. The Labute approximate surface area is 275 Å². The van der Waals surface area contributed by atoms with Crippen molar-refractivity contribution in [2.24, 2.45) is 0 Å². The van der Waals surface area contributed by atoms with Crippen LogP contribution < -0.4 is 19.9 Å². The molecule has 11 nitrogen and oxygen atoms in total. The first-order chi connectivity index (χ1) is 22.5. The minimum atomic E-state index is -1.48. The van der Waals surface area contributed by atoms with E-state index in [4.69, 9.17) is 14.1 Å². The van der Waals surface area contributed by atoms with Crippen LogP contribution >= 0.6 is 0 Å². The molecule has 3 aromatic heterocycles. The van der Waals surface area contributed by atoms with E-state index in [1.54, 1.807) is 44.3 Å². The average molecular weight is 676 g/mol. The smallest absolute Gasteiger partial charge is 0.280 e. The second-order valence-electron chi connectivity index (χ2n) is 10.7. The fraction of sp³-hybridized carbons (Fsp3) is 0.176. The molecule has 0 saturated carbocycles. The lowest BCUT2D eigenvalue weighted by atomic mass is 10.0. The maximum atomic E-state index is 13.9. The highest BCUT2D eigenvalue weighted by molar-refractivity contribution is 7.85. The molecular formula is C34H31F2N5O6S. The van der Waals surface area contributed by atoms with Crippen molar-refractivity contribution in [1.29, 1.82) is 0 Å². The molecule has 1 atom stereocenters. The fourth-order valence-electron chi connectivity index (χ4n) is 5.46. The molecule has 3 aromatic carbocycles. The summed E-state index contributed by atoms with van der Waals surface area (Å²) in [5.74, 6) is -0.393. The highest BCUT2D eigenvalue weighted by Crippen LogP contribution is 2.41. The Bertz CT molecular complexity index is 2290. The molecule has 0 aliphatic carbocycles. The number of nitrogens with zero attached hydrogens (tertiary/aromatic N) is 4. The predicted molar refractivity (Wildman–Crippen MR) is 181 cm³/mol. The lowest BCUT2D eigenvalue weighted by molar-refractivity contribution is 0.0964. The Balaban J connectivity index is 0.00000451. The summed E-state index contributed by atoms with van der Waals surface area (Å²) >= 11 is 0. The third kappa shape index (κ3) is 6.02. The first kappa shape index (κ1) is 33.9. The van der Waals surface area contributed by atoms with Crippen molar-refractivity contribution in [3.8, 4) is 28.3 Å². The molecule has 0 bridgehead atoms. The molecule has 248 valence electrons. The lowest BCUT2D eigenvalue weighted by Gasteiger charge is -2.20. The Morgan fingerprint density at radius 3 is 2.42 bits per heavy atom. The number of aryl methyl sites for hydroxylation is 1. The molecule has 0 saturated heterocycles. The van der Waals surface area contributed by atoms with E-state index in [1.807, 2.05) is 0 Å². The van der Waals surface area contributed by atoms with Gasteiger partial charge in [-0.1, -0.05) is 6.07 Å². The van der Waals surface area contributed by atoms with E-state index in [9.17, 15) is 22.6 Å². The number of aromatic nitrogens is 3. The predicted octanol–water partition coefficient (Wildman–Crippen LogP) is 4.78. The van der Waals surface area contributed by atoms with Crippen molar-refractivity contribution in [3.05, 3.63) is 106 Å². The summed E-state index contributed by atoms with van der Waals surface area (Å²) < 4.78 is 54.8. The van der Waals surface area contributed by atoms with Crippen LogP contribution in [-0.2, 0) is 17.5 Å². The van der Waals surface area contributed by atoms with Gasteiger partial charge in [0, 0.05) is 54.6 Å². The monoisotopic (exact) mass is 675 g/mol. The normalized spacial score (nSPS) is 11.7. The van der Waals surface area contributed by atoms with E-state index in [0.717, 1.165) is 0 Å². The quantitative estimate of drug-likeness (QED) is 0.244. The van der Waals surface area contributed by atoms with Crippen molar-refractivity contribution >= 4 is 44.6 Å². The van der Waals surface area contributed by atoms with Crippen LogP contribution in [-0.4, -0.2) is 57.6 Å². The van der Waals surface area contributed by atoms with Crippen molar-refractivity contribution < 1.29 is 32.4 Å². The van der Waals surface area contributed by atoms with Gasteiger partial charge in [-0.25, -0.2) is 23.0 Å². The first-order valence-electron chi connectivity index (χ1n) is 14.4. The van der Waals surface area contributed by atoms with Gasteiger partial charge in [-0.3, -0.25) is 18.5 Å². The molecule has 6 rings (SSSR count). The number of nitrogens with one attached hydrogen (secondary N) is 1. The summed E-state index contributed by atoms with van der Waals surface area (Å²) in [5, 5.41) is 3.07. The number of hydrogen-bond donors (Lipinski definition) is 1. The number of carbonyl (C=O) groups excluding carboxylic acids is 1. The van der Waals surface area contributed by atoms with Crippen molar-refractivity contribution in [1.82, 2.24) is 19.9 Å². The third-order valence-corrected chi connectivity index (χ3v) is 8.91. The number of carbonyl (C=O) groups is 1. The molecule has 1 amide bonds. The van der Waals surface area contributed by atoms with Gasteiger partial charge in [0.2, 0.25) is 0 Å². The summed E-state index contributed by atoms with van der Waals surface area (Å²) in [6.45, 7) is 1.76. The first-order valence-corrected chi connectivity index (χ1v) is 15.9. The number of rotatable bonds is 8. The zero-order valence-electron chi connectivity index (χ0n) is 26.6. The molecule has 0 radical (unpaired) electrons. The number of halogens is 2. The average Bonchev–Trinajstić information content (AvgIpc) is 3.44. The van der Waals surface area contributed by atoms with E-state index in [0.29, 0.717) is 56.1 Å². The highest BCUT2D eigenvalue weighted by atomic mass is 32.2. The Morgan fingerprint density at radius 2 is 1.75 bits per heavy atom. The number of ether oxygens (including phenoxy) is 1. The largest absolute Gasteiger partial charge is 0.496 e. The molecule has 0 fully saturated rings. The SMILES string of the molecule is CNC(=O)c1c(-c2ccc(F)cc2)oc2cc(N(C)S(C)=O)c(-c3ccc4nc(C)n(Cc5ccc(F)cc5OC)c(=O)c4n3)cc12.O. The number of pyridine rings is 1. The van der Waals surface area contributed by atoms with Gasteiger partial charge in [-0.2, -0.15) is 0 Å². The fourth-order valence-corrected chi connectivity index (χ4v) is 5.88. The molecule has 3 heterocycles. The molecule has 0 aliphatic rings. The van der Waals surface area contributed by atoms with Gasteiger partial charge in [0.1, 0.15) is 45.5 Å². The molecule has 3 N–H and O–H groups in total. The summed E-state index contributed by atoms with van der Waals surface area (Å²) in [7, 11) is 3.08. The molecule has 6 aromatic rings. The number of anilines is 1. The van der Waals surface area contributed by atoms with Crippen LogP contribution in [0.2, 0.25) is 0 Å². The number of amides is 1.